The minimum atomic E-state index is -2.34. The maximum absolute atomic E-state index is 15.3. The number of rotatable bonds is 5. The second kappa shape index (κ2) is 9.19. The molecule has 0 atom stereocenters. The second-order valence-corrected chi connectivity index (χ2v) is 10.3. The zero-order chi connectivity index (χ0) is 26.6. The quantitative estimate of drug-likeness (QED) is 0.418. The van der Waals surface area contributed by atoms with Crippen LogP contribution in [0.1, 0.15) is 18.4 Å². The summed E-state index contributed by atoms with van der Waals surface area (Å²) in [6.07, 6.45) is 1.01. The Kier molecular flexibility index (Phi) is 5.93. The molecule has 4 heterocycles. The number of nitrogens with zero attached hydrogens (tertiary/aromatic N) is 3. The van der Waals surface area contributed by atoms with Gasteiger partial charge in [0, 0.05) is 54.0 Å². The van der Waals surface area contributed by atoms with Gasteiger partial charge in [0.05, 0.1) is 12.2 Å². The topological polar surface area (TPSA) is 115 Å². The Morgan fingerprint density at radius 3 is 2.84 bits per heavy atom. The first-order valence-corrected chi connectivity index (χ1v) is 12.4. The molecular weight excluding hydrogens is 501 g/mol. The lowest BCUT2D eigenvalue weighted by Gasteiger charge is -2.58. The van der Waals surface area contributed by atoms with Crippen LogP contribution in [0.5, 0.6) is 5.88 Å². The lowest BCUT2D eigenvalue weighted by molar-refractivity contribution is -0.137. The van der Waals surface area contributed by atoms with Gasteiger partial charge in [-0.15, -0.1) is 0 Å². The molecule has 9 nitrogen and oxygen atoms in total. The molecule has 2 aliphatic heterocycles. The van der Waals surface area contributed by atoms with E-state index in [9.17, 15) is 13.6 Å². The number of nitrogen functional groups attached to an aromatic ring is 1. The fraction of sp³-hybridized carbons (Fsp3) is 0.423. The van der Waals surface area contributed by atoms with E-state index in [1.165, 1.54) is 6.20 Å². The number of nitrogens with one attached hydrogen (secondary N) is 2. The lowest BCUT2D eigenvalue weighted by Crippen LogP contribution is -2.64. The Bertz CT molecular complexity index is 1420. The molecule has 6 rings (SSSR count). The molecule has 1 aliphatic carbocycles. The van der Waals surface area contributed by atoms with Gasteiger partial charge < -0.3 is 20.5 Å². The van der Waals surface area contributed by atoms with Crippen molar-refractivity contribution in [3.05, 3.63) is 35.9 Å². The van der Waals surface area contributed by atoms with Crippen molar-refractivity contribution in [2.45, 2.75) is 32.3 Å². The summed E-state index contributed by atoms with van der Waals surface area (Å²) >= 11 is 0. The zero-order valence-electron chi connectivity index (χ0n) is 20.7. The SMILES string of the molecule is Cc1c(-c2cc3cc(NC(=O)OC4CC5(C4)CN(CC(F)F)C5)ncc3c(N)c2F)cnc2c1NCCO2. The van der Waals surface area contributed by atoms with Crippen LogP contribution in [0, 0.1) is 18.2 Å². The highest BCUT2D eigenvalue weighted by atomic mass is 19.3. The Morgan fingerprint density at radius 2 is 2.08 bits per heavy atom. The van der Waals surface area contributed by atoms with Gasteiger partial charge in [0.25, 0.3) is 6.43 Å². The van der Waals surface area contributed by atoms with Gasteiger partial charge in [-0.3, -0.25) is 10.2 Å². The van der Waals surface area contributed by atoms with E-state index < -0.39 is 18.3 Å². The van der Waals surface area contributed by atoms with Crippen molar-refractivity contribution in [1.82, 2.24) is 14.9 Å². The molecule has 38 heavy (non-hydrogen) atoms. The summed E-state index contributed by atoms with van der Waals surface area (Å²) in [5.41, 5.74) is 8.40. The molecule has 2 fully saturated rings. The van der Waals surface area contributed by atoms with Crippen LogP contribution in [0.2, 0.25) is 0 Å². The molecule has 2 aromatic heterocycles. The number of ether oxygens (including phenoxy) is 2. The maximum Gasteiger partial charge on any atom is 0.413 e. The molecule has 4 N–H and O–H groups in total. The number of likely N-dealkylation sites (tertiary alicyclic amines) is 1. The highest BCUT2D eigenvalue weighted by Crippen LogP contribution is 2.49. The van der Waals surface area contributed by atoms with Crippen LogP contribution in [-0.4, -0.2) is 66.3 Å². The maximum atomic E-state index is 15.3. The Labute approximate surface area is 216 Å². The standard InChI is InChI=1S/C26H27F3N6O3/c1-13-17(8-33-24-23(13)31-2-3-37-24)16-4-14-5-20(32-9-18(14)22(30)21(16)29)34-25(36)38-15-6-26(7-15)11-35(12-26)10-19(27)28/h4-5,8-9,15,19,31H,2-3,6-7,10-12,30H2,1H3,(H,32,34,36). The number of hydrogen-bond donors (Lipinski definition) is 3. The number of hydrogen-bond acceptors (Lipinski definition) is 8. The van der Waals surface area contributed by atoms with E-state index in [-0.39, 0.29) is 35.1 Å². The van der Waals surface area contributed by atoms with Gasteiger partial charge >= 0.3 is 6.09 Å². The first-order valence-electron chi connectivity index (χ1n) is 12.4. The highest BCUT2D eigenvalue weighted by Gasteiger charge is 2.54. The monoisotopic (exact) mass is 528 g/mol. The van der Waals surface area contributed by atoms with E-state index in [2.05, 4.69) is 20.6 Å². The third-order valence-corrected chi connectivity index (χ3v) is 7.57. The number of anilines is 3. The van der Waals surface area contributed by atoms with E-state index in [1.807, 2.05) is 6.92 Å². The molecule has 1 amide bonds. The summed E-state index contributed by atoms with van der Waals surface area (Å²) in [6.45, 7) is 3.98. The predicted molar refractivity (Wildman–Crippen MR) is 136 cm³/mol. The Hall–Kier alpha value is -3.80. The molecule has 3 aliphatic rings. The molecule has 0 unspecified atom stereocenters. The van der Waals surface area contributed by atoms with E-state index in [4.69, 9.17) is 15.2 Å². The summed E-state index contributed by atoms with van der Waals surface area (Å²) in [6, 6.07) is 3.26. The van der Waals surface area contributed by atoms with Crippen molar-refractivity contribution >= 4 is 34.1 Å². The summed E-state index contributed by atoms with van der Waals surface area (Å²) in [4.78, 5) is 22.7. The number of benzene rings is 1. The smallest absolute Gasteiger partial charge is 0.413 e. The number of fused-ring (bicyclic) bond motifs is 2. The molecule has 200 valence electrons. The van der Waals surface area contributed by atoms with Crippen molar-refractivity contribution in [3.63, 3.8) is 0 Å². The Balaban J connectivity index is 1.16. The molecule has 3 aromatic rings. The van der Waals surface area contributed by atoms with E-state index in [0.29, 0.717) is 67.0 Å². The normalized spacial score (nSPS) is 18.3. The van der Waals surface area contributed by atoms with Crippen LogP contribution in [0.3, 0.4) is 0 Å². The minimum Gasteiger partial charge on any atom is -0.474 e. The van der Waals surface area contributed by atoms with Crippen LogP contribution < -0.4 is 21.1 Å². The van der Waals surface area contributed by atoms with Crippen molar-refractivity contribution < 1.29 is 27.4 Å². The van der Waals surface area contributed by atoms with Crippen molar-refractivity contribution in [3.8, 4) is 17.0 Å². The first kappa shape index (κ1) is 24.5. The third kappa shape index (κ3) is 4.32. The molecule has 0 radical (unpaired) electrons. The third-order valence-electron chi connectivity index (χ3n) is 7.57. The molecule has 1 saturated heterocycles. The molecule has 12 heteroatoms. The number of halogens is 3. The molecule has 1 spiro atoms. The van der Waals surface area contributed by atoms with Gasteiger partial charge in [-0.2, -0.15) is 0 Å². The average molecular weight is 529 g/mol. The van der Waals surface area contributed by atoms with Crippen LogP contribution in [0.25, 0.3) is 21.9 Å². The van der Waals surface area contributed by atoms with Crippen molar-refractivity contribution in [1.29, 1.82) is 0 Å². The number of amides is 1. The molecule has 1 aromatic carbocycles. The predicted octanol–water partition coefficient (Wildman–Crippen LogP) is 4.41. The van der Waals surface area contributed by atoms with Gasteiger partial charge in [0.1, 0.15) is 24.2 Å². The number of alkyl halides is 2. The van der Waals surface area contributed by atoms with Crippen molar-refractivity contribution in [2.75, 3.05) is 49.2 Å². The lowest BCUT2D eigenvalue weighted by atomic mass is 9.62. The van der Waals surface area contributed by atoms with Gasteiger partial charge in [-0.25, -0.2) is 27.9 Å². The van der Waals surface area contributed by atoms with E-state index in [1.54, 1.807) is 23.2 Å². The van der Waals surface area contributed by atoms with Crippen LogP contribution in [0.4, 0.5) is 35.2 Å². The summed E-state index contributed by atoms with van der Waals surface area (Å²) < 4.78 is 51.4. The number of nitrogens with two attached hydrogens (primary N) is 1. The van der Waals surface area contributed by atoms with Crippen molar-refractivity contribution in [2.24, 2.45) is 5.41 Å². The summed E-state index contributed by atoms with van der Waals surface area (Å²) in [5.74, 6) is 0.125. The number of carbonyl (C=O) groups excluding carboxylic acids is 1. The number of aromatic nitrogens is 2. The number of pyridine rings is 2. The van der Waals surface area contributed by atoms with Gasteiger partial charge in [0.15, 0.2) is 5.82 Å². The first-order chi connectivity index (χ1) is 18.2. The second-order valence-electron chi connectivity index (χ2n) is 10.3. The zero-order valence-corrected chi connectivity index (χ0v) is 20.7. The largest absolute Gasteiger partial charge is 0.474 e. The fourth-order valence-electron chi connectivity index (χ4n) is 5.81. The summed E-state index contributed by atoms with van der Waals surface area (Å²) in [7, 11) is 0. The van der Waals surface area contributed by atoms with Crippen LogP contribution in [-0.2, 0) is 4.74 Å². The van der Waals surface area contributed by atoms with Gasteiger partial charge in [-0.05, 0) is 42.8 Å². The van der Waals surface area contributed by atoms with Crippen LogP contribution >= 0.6 is 0 Å². The highest BCUT2D eigenvalue weighted by molar-refractivity contribution is 5.99. The fourth-order valence-corrected chi connectivity index (χ4v) is 5.81. The van der Waals surface area contributed by atoms with E-state index in [0.717, 1.165) is 5.56 Å². The molecule has 0 bridgehead atoms. The number of carbonyl (C=O) groups is 1. The minimum absolute atomic E-state index is 0.0235. The molecule has 1 saturated carbocycles. The van der Waals surface area contributed by atoms with Gasteiger partial charge in [-0.1, -0.05) is 0 Å². The summed E-state index contributed by atoms with van der Waals surface area (Å²) in [5, 5.41) is 6.86. The Morgan fingerprint density at radius 1 is 1.29 bits per heavy atom. The van der Waals surface area contributed by atoms with E-state index >= 15 is 4.39 Å². The molecular formula is C26H27F3N6O3. The average Bonchev–Trinajstić information content (AvgIpc) is 2.84. The van der Waals surface area contributed by atoms with Gasteiger partial charge in [0.2, 0.25) is 5.88 Å². The van der Waals surface area contributed by atoms with Crippen LogP contribution in [0.15, 0.2) is 24.5 Å².